The number of aliphatic hydroxyl groups excluding tert-OH is 1. The fourth-order valence-corrected chi connectivity index (χ4v) is 7.09. The van der Waals surface area contributed by atoms with Gasteiger partial charge in [0.15, 0.2) is 11.5 Å². The minimum atomic E-state index is -0.408. The Morgan fingerprint density at radius 2 is 1.90 bits per heavy atom. The highest BCUT2D eigenvalue weighted by atomic mass is 32.2. The van der Waals surface area contributed by atoms with Crippen molar-refractivity contribution in [2.45, 2.75) is 69.5 Å². The number of ether oxygens (including phenoxy) is 1. The zero-order valence-corrected chi connectivity index (χ0v) is 29.4. The van der Waals surface area contributed by atoms with Crippen LogP contribution in [0.2, 0.25) is 0 Å². The topological polar surface area (TPSA) is 140 Å². The van der Waals surface area contributed by atoms with E-state index in [9.17, 15) is 9.90 Å². The van der Waals surface area contributed by atoms with Crippen molar-refractivity contribution in [3.05, 3.63) is 95.7 Å². The van der Waals surface area contributed by atoms with E-state index in [0.717, 1.165) is 58.3 Å². The summed E-state index contributed by atoms with van der Waals surface area (Å²) in [6, 6.07) is 19.4. The summed E-state index contributed by atoms with van der Waals surface area (Å²) in [6.07, 6.45) is 7.09. The molecule has 0 radical (unpaired) electrons. The van der Waals surface area contributed by atoms with Crippen molar-refractivity contribution in [3.8, 4) is 5.75 Å². The van der Waals surface area contributed by atoms with Crippen molar-refractivity contribution in [1.29, 1.82) is 5.41 Å². The molecule has 0 unspecified atom stereocenters. The van der Waals surface area contributed by atoms with Gasteiger partial charge in [-0.2, -0.15) is 0 Å². The van der Waals surface area contributed by atoms with Gasteiger partial charge >= 0.3 is 6.03 Å². The average molecular weight is 683 g/mol. The summed E-state index contributed by atoms with van der Waals surface area (Å²) >= 11 is 1.55. The van der Waals surface area contributed by atoms with Crippen LogP contribution in [-0.2, 0) is 0 Å². The van der Waals surface area contributed by atoms with Crippen LogP contribution in [0.4, 0.5) is 10.5 Å². The van der Waals surface area contributed by atoms with Gasteiger partial charge in [-0.1, -0.05) is 51.1 Å². The maximum absolute atomic E-state index is 13.5. The number of benzene rings is 2. The van der Waals surface area contributed by atoms with Gasteiger partial charge in [0.05, 0.1) is 24.9 Å². The first-order valence-electron chi connectivity index (χ1n) is 16.9. The van der Waals surface area contributed by atoms with Gasteiger partial charge in [0, 0.05) is 33.5 Å². The van der Waals surface area contributed by atoms with Crippen LogP contribution in [0.25, 0.3) is 5.65 Å². The number of carbonyl (C=O) groups is 1. The molecular formula is C37H46N8O3S. The Kier molecular flexibility index (Phi) is 10.6. The fraction of sp³-hybridized carbons (Fsp3) is 0.405. The highest BCUT2D eigenvalue weighted by molar-refractivity contribution is 7.99. The molecule has 1 aliphatic carbocycles. The van der Waals surface area contributed by atoms with E-state index < -0.39 is 5.41 Å². The number of thioether (sulfide) groups is 1. The lowest BCUT2D eigenvalue weighted by atomic mass is 9.85. The Bertz CT molecular complexity index is 1830. The summed E-state index contributed by atoms with van der Waals surface area (Å²) in [5, 5.41) is 36.2. The molecule has 3 heterocycles. The van der Waals surface area contributed by atoms with Gasteiger partial charge in [-0.15, -0.1) is 22.0 Å². The fourth-order valence-electron chi connectivity index (χ4n) is 6.37. The molecule has 49 heavy (non-hydrogen) atoms. The van der Waals surface area contributed by atoms with Crippen LogP contribution < -0.4 is 20.7 Å². The predicted molar refractivity (Wildman–Crippen MR) is 194 cm³/mol. The number of urea groups is 1. The summed E-state index contributed by atoms with van der Waals surface area (Å²) in [7, 11) is 2.13. The van der Waals surface area contributed by atoms with Crippen LogP contribution in [0.15, 0.2) is 83.7 Å². The highest BCUT2D eigenvalue weighted by Gasteiger charge is 2.31. The first-order valence-corrected chi connectivity index (χ1v) is 17.9. The van der Waals surface area contributed by atoms with Gasteiger partial charge in [-0.05, 0) is 80.7 Å². The zero-order valence-electron chi connectivity index (χ0n) is 28.6. The van der Waals surface area contributed by atoms with Crippen molar-refractivity contribution in [1.82, 2.24) is 30.1 Å². The number of likely N-dealkylation sites (tertiary alicyclic amines) is 1. The maximum atomic E-state index is 13.5. The first kappa shape index (κ1) is 34.5. The SMILES string of the molecule is CN1CCC[C@H]1c1nnc2ccc(O[C@@H]3CC[C@H](NC(=O)N/C(=C/C(=N)C(C)(C)C)Nc4cccc(SCCO)c4)c4ccccc43)cn12. The number of nitrogens with zero attached hydrogens (tertiary/aromatic N) is 4. The normalized spacial score (nSPS) is 19.8. The van der Waals surface area contributed by atoms with Crippen molar-refractivity contribution >= 4 is 34.8 Å². The molecule has 6 rings (SSSR count). The second-order valence-electron chi connectivity index (χ2n) is 13.7. The van der Waals surface area contributed by atoms with E-state index in [1.165, 1.54) is 0 Å². The number of hydrogen-bond donors (Lipinski definition) is 5. The number of allylic oxidation sites excluding steroid dienone is 1. The average Bonchev–Trinajstić information content (AvgIpc) is 3.69. The van der Waals surface area contributed by atoms with Crippen molar-refractivity contribution in [2.24, 2.45) is 5.41 Å². The second kappa shape index (κ2) is 15.0. The van der Waals surface area contributed by atoms with E-state index in [0.29, 0.717) is 30.1 Å². The molecule has 2 amide bonds. The molecule has 12 heteroatoms. The van der Waals surface area contributed by atoms with Crippen molar-refractivity contribution in [3.63, 3.8) is 0 Å². The molecule has 2 aromatic carbocycles. The number of amides is 2. The summed E-state index contributed by atoms with van der Waals surface area (Å²) in [4.78, 5) is 16.9. The molecule has 1 fully saturated rings. The van der Waals surface area contributed by atoms with Gasteiger partial charge in [-0.25, -0.2) is 4.79 Å². The van der Waals surface area contributed by atoms with Crippen LogP contribution in [0.3, 0.4) is 0 Å². The van der Waals surface area contributed by atoms with E-state index in [4.69, 9.17) is 10.1 Å². The predicted octanol–water partition coefficient (Wildman–Crippen LogP) is 6.85. The summed E-state index contributed by atoms with van der Waals surface area (Å²) in [6.45, 7) is 7.03. The number of nitrogens with one attached hydrogen (secondary N) is 4. The molecule has 1 saturated heterocycles. The van der Waals surface area contributed by atoms with E-state index >= 15 is 0 Å². The Morgan fingerprint density at radius 1 is 1.08 bits per heavy atom. The van der Waals surface area contributed by atoms with Crippen LogP contribution in [0, 0.1) is 10.8 Å². The van der Waals surface area contributed by atoms with Crippen LogP contribution in [0.5, 0.6) is 5.75 Å². The van der Waals surface area contributed by atoms with E-state index in [1.54, 1.807) is 17.8 Å². The van der Waals surface area contributed by atoms with Crippen LogP contribution in [-0.4, -0.2) is 62.3 Å². The molecule has 2 aromatic heterocycles. The third kappa shape index (κ3) is 8.26. The van der Waals surface area contributed by atoms with Gasteiger partial charge in [0.25, 0.3) is 0 Å². The molecule has 4 aromatic rings. The molecule has 3 atom stereocenters. The highest BCUT2D eigenvalue weighted by Crippen LogP contribution is 2.39. The molecule has 2 aliphatic rings. The molecule has 5 N–H and O–H groups in total. The van der Waals surface area contributed by atoms with E-state index in [1.807, 2.05) is 86.0 Å². The molecule has 0 bridgehead atoms. The molecule has 1 aliphatic heterocycles. The van der Waals surface area contributed by atoms with Gasteiger partial charge in [0.1, 0.15) is 17.7 Å². The Balaban J connectivity index is 1.17. The lowest BCUT2D eigenvalue weighted by Gasteiger charge is -2.32. The molecule has 258 valence electrons. The Morgan fingerprint density at radius 3 is 2.65 bits per heavy atom. The smallest absolute Gasteiger partial charge is 0.320 e. The quantitative estimate of drug-likeness (QED) is 0.0855. The summed E-state index contributed by atoms with van der Waals surface area (Å²) in [5.41, 5.74) is 3.59. The van der Waals surface area contributed by atoms with E-state index in [-0.39, 0.29) is 30.8 Å². The zero-order chi connectivity index (χ0) is 34.5. The second-order valence-corrected chi connectivity index (χ2v) is 14.9. The van der Waals surface area contributed by atoms with Crippen LogP contribution in [0.1, 0.15) is 81.6 Å². The molecular weight excluding hydrogens is 637 g/mol. The van der Waals surface area contributed by atoms with E-state index in [2.05, 4.69) is 44.2 Å². The number of pyridine rings is 1. The molecule has 0 spiro atoms. The first-order chi connectivity index (χ1) is 23.6. The van der Waals surface area contributed by atoms with Crippen molar-refractivity contribution in [2.75, 3.05) is 31.3 Å². The number of aliphatic hydroxyl groups is 1. The summed E-state index contributed by atoms with van der Waals surface area (Å²) < 4.78 is 8.67. The van der Waals surface area contributed by atoms with Gasteiger partial charge in [0.2, 0.25) is 0 Å². The minimum Gasteiger partial charge on any atom is -0.484 e. The molecule has 0 saturated carbocycles. The Hall–Kier alpha value is -4.39. The monoisotopic (exact) mass is 682 g/mol. The maximum Gasteiger partial charge on any atom is 0.320 e. The summed E-state index contributed by atoms with van der Waals surface area (Å²) in [5.74, 6) is 2.68. The number of aromatic nitrogens is 3. The number of rotatable bonds is 11. The third-order valence-electron chi connectivity index (χ3n) is 9.06. The minimum absolute atomic E-state index is 0.0906. The van der Waals surface area contributed by atoms with Crippen LogP contribution >= 0.6 is 11.8 Å². The molecule has 11 nitrogen and oxygen atoms in total. The lowest BCUT2D eigenvalue weighted by Crippen LogP contribution is -2.41. The standard InChI is InChI=1S/C37H46N8O3S/c1-37(2,3)32(38)22-33(39-24-9-7-10-26(21-24)49-20-19-46)41-36(47)40-29-15-16-31(28-12-6-5-11-27(28)29)48-25-14-17-34-42-43-35(45(34)23-25)30-13-8-18-44(30)4/h5-7,9-12,14,17,21-23,29-31,38-39,46H,8,13,15-16,18-20H2,1-4H3,(H2,40,41,47)/b33-22+,38-32?/t29-,30-,31+/m0/s1. The number of fused-ring (bicyclic) bond motifs is 2. The third-order valence-corrected chi connectivity index (χ3v) is 10.0. The number of anilines is 1. The number of carbonyl (C=O) groups excluding carboxylic acids is 1. The van der Waals surface area contributed by atoms with Gasteiger partial charge in [-0.3, -0.25) is 14.6 Å². The Labute approximate surface area is 292 Å². The largest absolute Gasteiger partial charge is 0.484 e. The van der Waals surface area contributed by atoms with Crippen molar-refractivity contribution < 1.29 is 14.6 Å². The van der Waals surface area contributed by atoms with Gasteiger partial charge < -0.3 is 25.9 Å². The number of hydrogen-bond acceptors (Lipinski definition) is 9. The lowest BCUT2D eigenvalue weighted by molar-refractivity contribution is 0.171.